The zero-order valence-electron chi connectivity index (χ0n) is 9.18. The van der Waals surface area contributed by atoms with Crippen LogP contribution in [-0.4, -0.2) is 22.0 Å². The van der Waals surface area contributed by atoms with Gasteiger partial charge in [0.15, 0.2) is 0 Å². The Kier molecular flexibility index (Phi) is 4.04. The second-order valence-electron chi connectivity index (χ2n) is 3.41. The maximum atomic E-state index is 11.9. The van der Waals surface area contributed by atoms with Crippen molar-refractivity contribution in [2.75, 3.05) is 5.32 Å². The fourth-order valence-electron chi connectivity index (χ4n) is 1.39. The number of thiazole rings is 1. The van der Waals surface area contributed by atoms with Gasteiger partial charge < -0.3 is 10.4 Å². The van der Waals surface area contributed by atoms with Crippen LogP contribution in [0.5, 0.6) is 0 Å². The Hall–Kier alpha value is -1.63. The number of anilines is 1. The Bertz CT molecular complexity index is 644. The summed E-state index contributed by atoms with van der Waals surface area (Å²) in [6.07, 6.45) is 0. The van der Waals surface area contributed by atoms with Gasteiger partial charge in [-0.1, -0.05) is 23.2 Å². The summed E-state index contributed by atoms with van der Waals surface area (Å²) in [7, 11) is 0. The largest absolute Gasteiger partial charge is 0.478 e. The van der Waals surface area contributed by atoms with Crippen LogP contribution >= 0.6 is 34.5 Å². The minimum Gasteiger partial charge on any atom is -0.478 e. The number of carboxylic acids is 1. The quantitative estimate of drug-likeness (QED) is 0.909. The van der Waals surface area contributed by atoms with E-state index in [4.69, 9.17) is 28.3 Å². The van der Waals surface area contributed by atoms with E-state index in [-0.39, 0.29) is 27.0 Å². The summed E-state index contributed by atoms with van der Waals surface area (Å²) >= 11 is 12.9. The molecule has 2 aromatic rings. The molecule has 0 bridgehead atoms. The molecule has 2 rings (SSSR count). The van der Waals surface area contributed by atoms with E-state index in [0.717, 1.165) is 0 Å². The van der Waals surface area contributed by atoms with Crippen molar-refractivity contribution >= 4 is 52.1 Å². The lowest BCUT2D eigenvalue weighted by Gasteiger charge is -2.10. The Balaban J connectivity index is 2.42. The summed E-state index contributed by atoms with van der Waals surface area (Å²) in [4.78, 5) is 26.8. The van der Waals surface area contributed by atoms with E-state index in [9.17, 15) is 9.59 Å². The van der Waals surface area contributed by atoms with E-state index in [1.807, 2.05) is 0 Å². The van der Waals surface area contributed by atoms with Gasteiger partial charge in [-0.25, -0.2) is 9.78 Å². The first kappa shape index (κ1) is 13.8. The van der Waals surface area contributed by atoms with Crippen molar-refractivity contribution in [3.63, 3.8) is 0 Å². The number of hydrogen-bond donors (Lipinski definition) is 2. The van der Waals surface area contributed by atoms with Crippen molar-refractivity contribution in [3.8, 4) is 0 Å². The summed E-state index contributed by atoms with van der Waals surface area (Å²) in [5.41, 5.74) is 1.38. The van der Waals surface area contributed by atoms with Crippen LogP contribution in [0, 0.1) is 0 Å². The highest BCUT2D eigenvalue weighted by Crippen LogP contribution is 2.32. The summed E-state index contributed by atoms with van der Waals surface area (Å²) in [5, 5.41) is 13.1. The maximum Gasteiger partial charge on any atom is 0.339 e. The molecule has 1 heterocycles. The number of carbonyl (C=O) groups is 2. The molecule has 2 N–H and O–H groups in total. The molecule has 0 aliphatic rings. The number of nitrogens with zero attached hydrogens (tertiary/aromatic N) is 1. The first-order valence-electron chi connectivity index (χ1n) is 4.91. The SMILES string of the molecule is O=C(Nc1c(Cl)ccc(Cl)c1C(=O)O)c1cscn1. The van der Waals surface area contributed by atoms with E-state index < -0.39 is 11.9 Å². The van der Waals surface area contributed by atoms with Crippen molar-refractivity contribution in [1.29, 1.82) is 0 Å². The van der Waals surface area contributed by atoms with Crippen molar-refractivity contribution in [1.82, 2.24) is 4.98 Å². The average molecular weight is 317 g/mol. The summed E-state index contributed by atoms with van der Waals surface area (Å²) in [5.74, 6) is -1.83. The molecule has 1 aromatic carbocycles. The minimum atomic E-state index is -1.28. The predicted octanol–water partition coefficient (Wildman–Crippen LogP) is 3.40. The van der Waals surface area contributed by atoms with Gasteiger partial charge in [-0.2, -0.15) is 0 Å². The Morgan fingerprint density at radius 1 is 1.26 bits per heavy atom. The zero-order valence-corrected chi connectivity index (χ0v) is 11.5. The van der Waals surface area contributed by atoms with Crippen LogP contribution in [0.3, 0.4) is 0 Å². The monoisotopic (exact) mass is 316 g/mol. The van der Waals surface area contributed by atoms with Crippen LogP contribution in [0.2, 0.25) is 10.0 Å². The van der Waals surface area contributed by atoms with E-state index >= 15 is 0 Å². The predicted molar refractivity (Wildman–Crippen MR) is 73.5 cm³/mol. The molecule has 0 saturated carbocycles. The first-order chi connectivity index (χ1) is 9.00. The first-order valence-corrected chi connectivity index (χ1v) is 6.61. The van der Waals surface area contributed by atoms with Crippen LogP contribution in [0.25, 0.3) is 0 Å². The normalized spacial score (nSPS) is 10.2. The van der Waals surface area contributed by atoms with Gasteiger partial charge in [0.2, 0.25) is 0 Å². The number of rotatable bonds is 3. The molecule has 1 amide bonds. The Morgan fingerprint density at radius 3 is 2.53 bits per heavy atom. The number of nitrogens with one attached hydrogen (secondary N) is 1. The van der Waals surface area contributed by atoms with Gasteiger partial charge in [0.1, 0.15) is 11.3 Å². The number of carbonyl (C=O) groups excluding carboxylic acids is 1. The van der Waals surface area contributed by atoms with Crippen LogP contribution in [0.15, 0.2) is 23.0 Å². The topological polar surface area (TPSA) is 79.3 Å². The summed E-state index contributed by atoms with van der Waals surface area (Å²) in [6.45, 7) is 0. The summed E-state index contributed by atoms with van der Waals surface area (Å²) < 4.78 is 0. The number of amides is 1. The van der Waals surface area contributed by atoms with Crippen LogP contribution in [0.4, 0.5) is 5.69 Å². The van der Waals surface area contributed by atoms with E-state index in [1.165, 1.54) is 34.4 Å². The van der Waals surface area contributed by atoms with Crippen LogP contribution < -0.4 is 5.32 Å². The third-order valence-electron chi connectivity index (χ3n) is 2.22. The molecule has 19 heavy (non-hydrogen) atoms. The number of aromatic carboxylic acids is 1. The lowest BCUT2D eigenvalue weighted by atomic mass is 10.1. The highest BCUT2D eigenvalue weighted by molar-refractivity contribution is 7.07. The number of carboxylic acid groups (broad SMARTS) is 1. The second-order valence-corrected chi connectivity index (χ2v) is 4.95. The molecule has 0 fully saturated rings. The lowest BCUT2D eigenvalue weighted by Crippen LogP contribution is -2.15. The molecule has 0 spiro atoms. The second kappa shape index (κ2) is 5.56. The number of benzene rings is 1. The van der Waals surface area contributed by atoms with Gasteiger partial charge in [-0.15, -0.1) is 11.3 Å². The molecule has 98 valence electrons. The van der Waals surface area contributed by atoms with Gasteiger partial charge in [0, 0.05) is 5.38 Å². The van der Waals surface area contributed by atoms with E-state index in [1.54, 1.807) is 0 Å². The fourth-order valence-corrected chi connectivity index (χ4v) is 2.36. The van der Waals surface area contributed by atoms with Crippen LogP contribution in [-0.2, 0) is 0 Å². The average Bonchev–Trinajstić information content (AvgIpc) is 2.87. The third-order valence-corrected chi connectivity index (χ3v) is 3.44. The zero-order chi connectivity index (χ0) is 14.0. The minimum absolute atomic E-state index is 0.00882. The number of hydrogen-bond acceptors (Lipinski definition) is 4. The smallest absolute Gasteiger partial charge is 0.339 e. The Morgan fingerprint density at radius 2 is 1.95 bits per heavy atom. The van der Waals surface area contributed by atoms with Gasteiger partial charge in [0.25, 0.3) is 5.91 Å². The van der Waals surface area contributed by atoms with Gasteiger partial charge in [-0.05, 0) is 12.1 Å². The molecule has 0 atom stereocenters. The van der Waals surface area contributed by atoms with E-state index in [0.29, 0.717) is 0 Å². The summed E-state index contributed by atoms with van der Waals surface area (Å²) in [6, 6.07) is 2.76. The van der Waals surface area contributed by atoms with Crippen molar-refractivity contribution in [3.05, 3.63) is 44.3 Å². The van der Waals surface area contributed by atoms with Crippen molar-refractivity contribution in [2.45, 2.75) is 0 Å². The molecule has 0 aliphatic heterocycles. The van der Waals surface area contributed by atoms with Crippen molar-refractivity contribution < 1.29 is 14.7 Å². The Labute approximate surface area is 121 Å². The molecule has 5 nitrogen and oxygen atoms in total. The number of aromatic nitrogens is 1. The van der Waals surface area contributed by atoms with Gasteiger partial charge in [-0.3, -0.25) is 4.79 Å². The standard InChI is InChI=1S/C11H6Cl2N2O3S/c12-5-1-2-6(13)9(8(5)11(17)18)15-10(16)7-3-19-4-14-7/h1-4H,(H,15,16)(H,17,18). The van der Waals surface area contributed by atoms with E-state index in [2.05, 4.69) is 10.3 Å². The molecular weight excluding hydrogens is 311 g/mol. The molecule has 0 saturated heterocycles. The highest BCUT2D eigenvalue weighted by atomic mass is 35.5. The fraction of sp³-hybridized carbons (Fsp3) is 0. The van der Waals surface area contributed by atoms with Crippen LogP contribution in [0.1, 0.15) is 20.8 Å². The number of halogens is 2. The third kappa shape index (κ3) is 2.86. The molecule has 1 aromatic heterocycles. The molecule has 0 aliphatic carbocycles. The molecule has 0 unspecified atom stereocenters. The van der Waals surface area contributed by atoms with Gasteiger partial charge >= 0.3 is 5.97 Å². The van der Waals surface area contributed by atoms with Crippen molar-refractivity contribution in [2.24, 2.45) is 0 Å². The highest BCUT2D eigenvalue weighted by Gasteiger charge is 2.20. The lowest BCUT2D eigenvalue weighted by molar-refractivity contribution is 0.0698. The van der Waals surface area contributed by atoms with Gasteiger partial charge in [0.05, 0.1) is 21.2 Å². The molecular formula is C11H6Cl2N2O3S. The maximum absolute atomic E-state index is 11.9. The molecule has 8 heteroatoms. The molecule has 0 radical (unpaired) electrons.